The molecule has 1 atom stereocenters. The van der Waals surface area contributed by atoms with E-state index in [0.29, 0.717) is 6.04 Å². The smallest absolute Gasteiger partial charge is 0.0427 e. The Morgan fingerprint density at radius 2 is 2.43 bits per heavy atom. The fourth-order valence-corrected chi connectivity index (χ4v) is 2.05. The van der Waals surface area contributed by atoms with Gasteiger partial charge in [0, 0.05) is 37.2 Å². The summed E-state index contributed by atoms with van der Waals surface area (Å²) in [4.78, 5) is 6.47. The van der Waals surface area contributed by atoms with E-state index in [1.807, 2.05) is 12.4 Å². The van der Waals surface area contributed by atoms with Crippen LogP contribution < -0.4 is 10.6 Å². The zero-order valence-electron chi connectivity index (χ0n) is 8.61. The van der Waals surface area contributed by atoms with Crippen molar-refractivity contribution in [1.29, 1.82) is 0 Å². The molecule has 0 saturated carbocycles. The fourth-order valence-electron chi connectivity index (χ4n) is 2.05. The molecule has 1 aromatic rings. The third-order valence-corrected chi connectivity index (χ3v) is 2.79. The maximum Gasteiger partial charge on any atom is 0.0427 e. The van der Waals surface area contributed by atoms with Gasteiger partial charge in [0.1, 0.15) is 0 Å². The van der Waals surface area contributed by atoms with Gasteiger partial charge in [-0.1, -0.05) is 0 Å². The Balaban J connectivity index is 2.18. The van der Waals surface area contributed by atoms with Gasteiger partial charge in [0.2, 0.25) is 0 Å². The predicted octanol–water partition coefficient (Wildman–Crippen LogP) is 1.32. The van der Waals surface area contributed by atoms with E-state index in [1.165, 1.54) is 17.7 Å². The normalized spacial score (nSPS) is 22.4. The summed E-state index contributed by atoms with van der Waals surface area (Å²) in [5.74, 6) is 0. The number of anilines is 1. The molecule has 0 bridgehead atoms. The van der Waals surface area contributed by atoms with Crippen molar-refractivity contribution < 1.29 is 0 Å². The molecule has 2 rings (SSSR count). The molecule has 0 radical (unpaired) electrons. The topological polar surface area (TPSA) is 42.2 Å². The van der Waals surface area contributed by atoms with E-state index in [2.05, 4.69) is 22.9 Å². The molecule has 0 unspecified atom stereocenters. The van der Waals surface area contributed by atoms with E-state index in [0.717, 1.165) is 19.5 Å². The summed E-state index contributed by atoms with van der Waals surface area (Å²) < 4.78 is 0. The van der Waals surface area contributed by atoms with Crippen molar-refractivity contribution in [2.45, 2.75) is 25.8 Å². The second-order valence-electron chi connectivity index (χ2n) is 4.01. The van der Waals surface area contributed by atoms with Crippen LogP contribution in [0.4, 0.5) is 5.69 Å². The van der Waals surface area contributed by atoms with Gasteiger partial charge in [0.15, 0.2) is 0 Å². The molecule has 0 aliphatic carbocycles. The Hall–Kier alpha value is -1.09. The van der Waals surface area contributed by atoms with Gasteiger partial charge in [-0.15, -0.1) is 0 Å². The van der Waals surface area contributed by atoms with Crippen molar-refractivity contribution >= 4 is 5.69 Å². The summed E-state index contributed by atoms with van der Waals surface area (Å²) in [5.41, 5.74) is 8.48. The Bertz CT molecular complexity index is 311. The fraction of sp³-hybridized carbons (Fsp3) is 0.545. The van der Waals surface area contributed by atoms with Crippen LogP contribution in [0.2, 0.25) is 0 Å². The minimum absolute atomic E-state index is 0.330. The van der Waals surface area contributed by atoms with Crippen LogP contribution in [0.3, 0.4) is 0 Å². The lowest BCUT2D eigenvalue weighted by Crippen LogP contribution is -2.43. The average molecular weight is 191 g/mol. The highest BCUT2D eigenvalue weighted by atomic mass is 15.2. The van der Waals surface area contributed by atoms with Gasteiger partial charge in [-0.2, -0.15) is 0 Å². The Kier molecular flexibility index (Phi) is 2.68. The minimum atomic E-state index is 0.330. The summed E-state index contributed by atoms with van der Waals surface area (Å²) in [5, 5.41) is 0. The largest absolute Gasteiger partial charge is 0.370 e. The van der Waals surface area contributed by atoms with Crippen molar-refractivity contribution in [3.05, 3.63) is 24.0 Å². The van der Waals surface area contributed by atoms with Gasteiger partial charge in [-0.3, -0.25) is 4.98 Å². The van der Waals surface area contributed by atoms with Crippen LogP contribution in [-0.4, -0.2) is 24.1 Å². The molecular formula is C11H17N3. The number of aryl methyl sites for hydroxylation is 1. The minimum Gasteiger partial charge on any atom is -0.370 e. The number of pyridine rings is 1. The molecule has 0 spiro atoms. The van der Waals surface area contributed by atoms with E-state index in [9.17, 15) is 0 Å². The van der Waals surface area contributed by atoms with E-state index in [4.69, 9.17) is 5.73 Å². The summed E-state index contributed by atoms with van der Waals surface area (Å²) in [6.45, 7) is 4.20. The molecule has 3 nitrogen and oxygen atoms in total. The summed E-state index contributed by atoms with van der Waals surface area (Å²) in [6.07, 6.45) is 6.11. The maximum absolute atomic E-state index is 5.96. The monoisotopic (exact) mass is 191 g/mol. The molecule has 1 fully saturated rings. The molecule has 1 aliphatic heterocycles. The van der Waals surface area contributed by atoms with Gasteiger partial charge < -0.3 is 10.6 Å². The lowest BCUT2D eigenvalue weighted by molar-refractivity contribution is 0.505. The SMILES string of the molecule is Cc1cnccc1N1CCC[C@@H](N)C1. The molecule has 3 heteroatoms. The van der Waals surface area contributed by atoms with E-state index >= 15 is 0 Å². The zero-order chi connectivity index (χ0) is 9.97. The van der Waals surface area contributed by atoms with Gasteiger partial charge >= 0.3 is 0 Å². The van der Waals surface area contributed by atoms with E-state index in [-0.39, 0.29) is 0 Å². The highest BCUT2D eigenvalue weighted by Crippen LogP contribution is 2.21. The number of hydrogen-bond donors (Lipinski definition) is 1. The maximum atomic E-state index is 5.96. The van der Waals surface area contributed by atoms with Crippen molar-refractivity contribution in [2.75, 3.05) is 18.0 Å². The first-order valence-corrected chi connectivity index (χ1v) is 5.18. The van der Waals surface area contributed by atoms with Crippen molar-refractivity contribution in [3.8, 4) is 0 Å². The van der Waals surface area contributed by atoms with Crippen LogP contribution >= 0.6 is 0 Å². The second kappa shape index (κ2) is 3.96. The number of piperidine rings is 1. The number of aromatic nitrogens is 1. The summed E-state index contributed by atoms with van der Waals surface area (Å²) in [7, 11) is 0. The first-order chi connectivity index (χ1) is 6.77. The van der Waals surface area contributed by atoms with Crippen LogP contribution in [0.5, 0.6) is 0 Å². The second-order valence-corrected chi connectivity index (χ2v) is 4.01. The zero-order valence-corrected chi connectivity index (χ0v) is 8.61. The molecule has 2 N–H and O–H groups in total. The molecule has 1 aliphatic rings. The van der Waals surface area contributed by atoms with Gasteiger partial charge in [-0.25, -0.2) is 0 Å². The number of hydrogen-bond acceptors (Lipinski definition) is 3. The molecule has 14 heavy (non-hydrogen) atoms. The lowest BCUT2D eigenvalue weighted by Gasteiger charge is -2.33. The van der Waals surface area contributed by atoms with Gasteiger partial charge in [0.05, 0.1) is 0 Å². The first-order valence-electron chi connectivity index (χ1n) is 5.18. The molecule has 0 amide bonds. The Morgan fingerprint density at radius 1 is 1.57 bits per heavy atom. The summed E-state index contributed by atoms with van der Waals surface area (Å²) in [6, 6.07) is 2.41. The Labute approximate surface area is 84.9 Å². The third kappa shape index (κ3) is 1.87. The number of nitrogens with zero attached hydrogens (tertiary/aromatic N) is 2. The van der Waals surface area contributed by atoms with Crippen molar-refractivity contribution in [2.24, 2.45) is 5.73 Å². The molecule has 2 heterocycles. The molecule has 76 valence electrons. The quantitative estimate of drug-likeness (QED) is 0.728. The first kappa shape index (κ1) is 9.46. The van der Waals surface area contributed by atoms with Gasteiger partial charge in [-0.05, 0) is 31.4 Å². The molecule has 0 aromatic carbocycles. The standard InChI is InChI=1S/C11H17N3/c1-9-7-13-5-4-11(9)14-6-2-3-10(12)8-14/h4-5,7,10H,2-3,6,8,12H2,1H3/t10-/m1/s1. The van der Waals surface area contributed by atoms with E-state index in [1.54, 1.807) is 0 Å². The molecule has 1 aromatic heterocycles. The highest BCUT2D eigenvalue weighted by Gasteiger charge is 2.17. The highest BCUT2D eigenvalue weighted by molar-refractivity contribution is 5.51. The number of nitrogens with two attached hydrogens (primary N) is 1. The lowest BCUT2D eigenvalue weighted by atomic mass is 10.1. The van der Waals surface area contributed by atoms with Crippen molar-refractivity contribution in [1.82, 2.24) is 4.98 Å². The number of rotatable bonds is 1. The third-order valence-electron chi connectivity index (χ3n) is 2.79. The van der Waals surface area contributed by atoms with Crippen LogP contribution in [-0.2, 0) is 0 Å². The Morgan fingerprint density at radius 3 is 3.14 bits per heavy atom. The summed E-state index contributed by atoms with van der Waals surface area (Å²) >= 11 is 0. The average Bonchev–Trinajstić information content (AvgIpc) is 2.18. The van der Waals surface area contributed by atoms with Crippen LogP contribution in [0.25, 0.3) is 0 Å². The van der Waals surface area contributed by atoms with E-state index < -0.39 is 0 Å². The van der Waals surface area contributed by atoms with Crippen LogP contribution in [0.1, 0.15) is 18.4 Å². The van der Waals surface area contributed by atoms with Gasteiger partial charge in [0.25, 0.3) is 0 Å². The molecule has 1 saturated heterocycles. The predicted molar refractivity (Wildman–Crippen MR) is 58.4 cm³/mol. The molecular weight excluding hydrogens is 174 g/mol. The van der Waals surface area contributed by atoms with Crippen molar-refractivity contribution in [3.63, 3.8) is 0 Å². The van der Waals surface area contributed by atoms with Crippen LogP contribution in [0.15, 0.2) is 18.5 Å². The van der Waals surface area contributed by atoms with Crippen LogP contribution in [0, 0.1) is 6.92 Å².